The number of rotatable bonds is 6. The third kappa shape index (κ3) is 3.46. The quantitative estimate of drug-likeness (QED) is 0.712. The molecule has 3 aromatic rings. The lowest BCUT2D eigenvalue weighted by atomic mass is 10.0. The first-order valence-corrected chi connectivity index (χ1v) is 8.61. The monoisotopic (exact) mass is 354 g/mol. The summed E-state index contributed by atoms with van der Waals surface area (Å²) >= 11 is 0. The van der Waals surface area contributed by atoms with Gasteiger partial charge in [-0.25, -0.2) is 4.98 Å². The lowest BCUT2D eigenvalue weighted by Gasteiger charge is -2.21. The maximum atomic E-state index is 12.8. The van der Waals surface area contributed by atoms with Gasteiger partial charge in [0.1, 0.15) is 6.04 Å². The smallest absolute Gasteiger partial charge is 0.287 e. The Hall–Kier alpha value is -3.09. The molecule has 26 heavy (non-hydrogen) atoms. The van der Waals surface area contributed by atoms with Crippen LogP contribution in [0.15, 0.2) is 47.1 Å². The van der Waals surface area contributed by atoms with Crippen LogP contribution in [0.2, 0.25) is 0 Å². The molecule has 0 aliphatic carbocycles. The van der Waals surface area contributed by atoms with Gasteiger partial charge in [-0.1, -0.05) is 26.0 Å². The van der Waals surface area contributed by atoms with Crippen LogP contribution in [0.4, 0.5) is 5.95 Å². The van der Waals surface area contributed by atoms with Crippen molar-refractivity contribution in [2.75, 3.05) is 5.32 Å². The SMILES string of the molecule is CCn1c(NC(=O)C(NC(=O)c2ccco2)C(C)C)nc2ccccc21. The molecule has 0 bridgehead atoms. The summed E-state index contributed by atoms with van der Waals surface area (Å²) in [5, 5.41) is 5.58. The van der Waals surface area contributed by atoms with Crippen molar-refractivity contribution < 1.29 is 14.0 Å². The summed E-state index contributed by atoms with van der Waals surface area (Å²) in [7, 11) is 0. The zero-order valence-corrected chi connectivity index (χ0v) is 15.0. The molecule has 0 saturated heterocycles. The highest BCUT2D eigenvalue weighted by Gasteiger charge is 2.27. The molecule has 1 aromatic carbocycles. The van der Waals surface area contributed by atoms with Gasteiger partial charge in [-0.05, 0) is 37.1 Å². The second-order valence-electron chi connectivity index (χ2n) is 6.33. The van der Waals surface area contributed by atoms with Crippen molar-refractivity contribution in [3.8, 4) is 0 Å². The van der Waals surface area contributed by atoms with E-state index in [0.29, 0.717) is 12.5 Å². The van der Waals surface area contributed by atoms with E-state index in [2.05, 4.69) is 15.6 Å². The molecule has 1 atom stereocenters. The molecule has 0 saturated carbocycles. The Labute approximate surface area is 151 Å². The summed E-state index contributed by atoms with van der Waals surface area (Å²) in [6.07, 6.45) is 1.42. The van der Waals surface area contributed by atoms with Crippen molar-refractivity contribution in [2.45, 2.75) is 33.4 Å². The lowest BCUT2D eigenvalue weighted by Crippen LogP contribution is -2.47. The Morgan fingerprint density at radius 3 is 2.62 bits per heavy atom. The van der Waals surface area contributed by atoms with Crippen molar-refractivity contribution in [1.29, 1.82) is 0 Å². The second-order valence-corrected chi connectivity index (χ2v) is 6.33. The number of furan rings is 1. The first kappa shape index (κ1) is 17.7. The average molecular weight is 354 g/mol. The molecule has 1 unspecified atom stereocenters. The fourth-order valence-corrected chi connectivity index (χ4v) is 2.83. The van der Waals surface area contributed by atoms with Crippen LogP contribution in [0.5, 0.6) is 0 Å². The number of nitrogens with one attached hydrogen (secondary N) is 2. The molecule has 136 valence electrons. The first-order chi connectivity index (χ1) is 12.5. The fourth-order valence-electron chi connectivity index (χ4n) is 2.83. The van der Waals surface area contributed by atoms with E-state index in [1.807, 2.05) is 49.6 Å². The number of carbonyl (C=O) groups is 2. The minimum atomic E-state index is -0.710. The van der Waals surface area contributed by atoms with Gasteiger partial charge in [-0.2, -0.15) is 0 Å². The van der Waals surface area contributed by atoms with Gasteiger partial charge < -0.3 is 14.3 Å². The molecule has 7 heteroatoms. The fraction of sp³-hybridized carbons (Fsp3) is 0.316. The third-order valence-corrected chi connectivity index (χ3v) is 4.19. The Bertz CT molecular complexity index is 912. The van der Waals surface area contributed by atoms with Crippen LogP contribution >= 0.6 is 0 Å². The van der Waals surface area contributed by atoms with Gasteiger partial charge in [0.05, 0.1) is 17.3 Å². The van der Waals surface area contributed by atoms with Gasteiger partial charge in [0.25, 0.3) is 5.91 Å². The molecule has 3 rings (SSSR count). The number of aryl methyl sites for hydroxylation is 1. The maximum absolute atomic E-state index is 12.8. The van der Waals surface area contributed by atoms with Crippen molar-refractivity contribution in [3.05, 3.63) is 48.4 Å². The molecule has 0 aliphatic heterocycles. The van der Waals surface area contributed by atoms with E-state index in [-0.39, 0.29) is 17.6 Å². The molecule has 0 spiro atoms. The maximum Gasteiger partial charge on any atom is 0.287 e. The van der Waals surface area contributed by atoms with E-state index in [1.165, 1.54) is 6.26 Å². The van der Waals surface area contributed by atoms with E-state index in [9.17, 15) is 9.59 Å². The lowest BCUT2D eigenvalue weighted by molar-refractivity contribution is -0.119. The highest BCUT2D eigenvalue weighted by molar-refractivity contribution is 6.00. The molecular formula is C19H22N4O3. The van der Waals surface area contributed by atoms with Crippen molar-refractivity contribution in [3.63, 3.8) is 0 Å². The Morgan fingerprint density at radius 1 is 1.19 bits per heavy atom. The van der Waals surface area contributed by atoms with E-state index in [4.69, 9.17) is 4.42 Å². The summed E-state index contributed by atoms with van der Waals surface area (Å²) < 4.78 is 7.02. The molecule has 2 N–H and O–H groups in total. The van der Waals surface area contributed by atoms with Crippen LogP contribution in [0.3, 0.4) is 0 Å². The summed E-state index contributed by atoms with van der Waals surface area (Å²) in [5.41, 5.74) is 1.76. The van der Waals surface area contributed by atoms with E-state index in [1.54, 1.807) is 12.1 Å². The second kappa shape index (κ2) is 7.43. The van der Waals surface area contributed by atoms with Gasteiger partial charge in [0.15, 0.2) is 5.76 Å². The number of benzene rings is 1. The van der Waals surface area contributed by atoms with Crippen LogP contribution in [0, 0.1) is 5.92 Å². The molecule has 7 nitrogen and oxygen atoms in total. The van der Waals surface area contributed by atoms with Crippen molar-refractivity contribution >= 4 is 28.8 Å². The first-order valence-electron chi connectivity index (χ1n) is 8.61. The molecule has 0 fully saturated rings. The van der Waals surface area contributed by atoms with Crippen LogP contribution in [0.25, 0.3) is 11.0 Å². The van der Waals surface area contributed by atoms with E-state index < -0.39 is 11.9 Å². The van der Waals surface area contributed by atoms with Crippen LogP contribution in [-0.4, -0.2) is 27.4 Å². The summed E-state index contributed by atoms with van der Waals surface area (Å²) in [6, 6.07) is 10.2. The number of anilines is 1. The topological polar surface area (TPSA) is 89.2 Å². The number of amides is 2. The summed E-state index contributed by atoms with van der Waals surface area (Å²) in [6.45, 7) is 6.40. The van der Waals surface area contributed by atoms with E-state index in [0.717, 1.165) is 11.0 Å². The largest absolute Gasteiger partial charge is 0.459 e. The number of hydrogen-bond donors (Lipinski definition) is 2. The summed E-state index contributed by atoms with van der Waals surface area (Å²) in [5.74, 6) is -0.202. The zero-order chi connectivity index (χ0) is 18.7. The van der Waals surface area contributed by atoms with Gasteiger partial charge in [0, 0.05) is 6.54 Å². The average Bonchev–Trinajstić information content (AvgIpc) is 3.26. The van der Waals surface area contributed by atoms with Gasteiger partial charge >= 0.3 is 0 Å². The van der Waals surface area contributed by atoms with Crippen molar-refractivity contribution in [1.82, 2.24) is 14.9 Å². The molecule has 0 radical (unpaired) electrons. The van der Waals surface area contributed by atoms with Gasteiger partial charge in [-0.15, -0.1) is 0 Å². The minimum Gasteiger partial charge on any atom is -0.459 e. The molecule has 2 aromatic heterocycles. The molecule has 2 heterocycles. The van der Waals surface area contributed by atoms with Crippen LogP contribution in [0.1, 0.15) is 31.3 Å². The molecule has 0 aliphatic rings. The predicted molar refractivity (Wildman–Crippen MR) is 98.8 cm³/mol. The predicted octanol–water partition coefficient (Wildman–Crippen LogP) is 3.04. The summed E-state index contributed by atoms with van der Waals surface area (Å²) in [4.78, 5) is 29.5. The zero-order valence-electron chi connectivity index (χ0n) is 15.0. The molecule has 2 amide bonds. The van der Waals surface area contributed by atoms with E-state index >= 15 is 0 Å². The number of imidazole rings is 1. The number of nitrogens with zero attached hydrogens (tertiary/aromatic N) is 2. The minimum absolute atomic E-state index is 0.103. The number of fused-ring (bicyclic) bond motifs is 1. The highest BCUT2D eigenvalue weighted by Crippen LogP contribution is 2.20. The molecular weight excluding hydrogens is 332 g/mol. The Balaban J connectivity index is 1.81. The standard InChI is InChI=1S/C19H22N4O3/c1-4-23-14-9-6-5-8-13(14)20-19(23)22-18(25)16(12(2)3)21-17(24)15-10-7-11-26-15/h5-12,16H,4H2,1-3H3,(H,21,24)(H,20,22,25). The third-order valence-electron chi connectivity index (χ3n) is 4.19. The van der Waals surface area contributed by atoms with Gasteiger partial charge in [-0.3, -0.25) is 14.9 Å². The number of hydrogen-bond acceptors (Lipinski definition) is 4. The Morgan fingerprint density at radius 2 is 1.96 bits per heavy atom. The normalized spacial score (nSPS) is 12.3. The Kier molecular flexibility index (Phi) is 5.06. The van der Waals surface area contributed by atoms with Crippen molar-refractivity contribution in [2.24, 2.45) is 5.92 Å². The van der Waals surface area contributed by atoms with Crippen LogP contribution < -0.4 is 10.6 Å². The number of para-hydroxylation sites is 2. The van der Waals surface area contributed by atoms with Crippen LogP contribution in [-0.2, 0) is 11.3 Å². The number of carbonyl (C=O) groups excluding carboxylic acids is 2. The van der Waals surface area contributed by atoms with Gasteiger partial charge in [0.2, 0.25) is 11.9 Å². The highest BCUT2D eigenvalue weighted by atomic mass is 16.3. The number of aromatic nitrogens is 2.